The zero-order valence-electron chi connectivity index (χ0n) is 56.3. The number of ether oxygens (including phenoxy) is 2. The Bertz CT molecular complexity index is 2140. The van der Waals surface area contributed by atoms with Gasteiger partial charge in [0.1, 0.15) is 19.8 Å². The number of esters is 2. The van der Waals surface area contributed by atoms with Crippen molar-refractivity contribution in [2.24, 2.45) is 0 Å². The van der Waals surface area contributed by atoms with E-state index in [-0.39, 0.29) is 26.1 Å². The highest BCUT2D eigenvalue weighted by molar-refractivity contribution is 7.45. The Morgan fingerprint density at radius 2 is 0.614 bits per heavy atom. The summed E-state index contributed by atoms with van der Waals surface area (Å²) in [5.74, 6) is -0.895. The number of phosphoric ester groups is 1. The maximum absolute atomic E-state index is 12.8. The molecule has 0 bridgehead atoms. The molecule has 9 nitrogen and oxygen atoms in total. The van der Waals surface area contributed by atoms with Gasteiger partial charge in [-0.3, -0.25) is 14.2 Å². The summed E-state index contributed by atoms with van der Waals surface area (Å²) in [4.78, 5) is 38.0. The molecule has 0 aliphatic carbocycles. The predicted molar refractivity (Wildman–Crippen MR) is 378 cm³/mol. The largest absolute Gasteiger partial charge is 0.756 e. The van der Waals surface area contributed by atoms with Crippen molar-refractivity contribution in [3.05, 3.63) is 182 Å². The van der Waals surface area contributed by atoms with E-state index in [0.717, 1.165) is 128 Å². The third-order valence-electron chi connectivity index (χ3n) is 13.9. The van der Waals surface area contributed by atoms with E-state index in [0.29, 0.717) is 23.9 Å². The number of hydrogen-bond donors (Lipinski definition) is 0. The van der Waals surface area contributed by atoms with Gasteiger partial charge in [-0.2, -0.15) is 0 Å². The van der Waals surface area contributed by atoms with Gasteiger partial charge in [0.05, 0.1) is 27.7 Å². The Morgan fingerprint density at radius 1 is 0.352 bits per heavy atom. The number of unbranched alkanes of at least 4 members (excludes halogenated alkanes) is 17. The van der Waals surface area contributed by atoms with Crippen LogP contribution in [0.2, 0.25) is 0 Å². The Labute approximate surface area is 540 Å². The third kappa shape index (κ3) is 70.2. The maximum Gasteiger partial charge on any atom is 0.306 e. The molecular weight excluding hydrogens is 1110 g/mol. The fourth-order valence-electron chi connectivity index (χ4n) is 8.71. The lowest BCUT2D eigenvalue weighted by Gasteiger charge is -2.28. The number of carbonyl (C=O) groups excluding carboxylic acids is 2. The number of allylic oxidation sites excluding steroid dienone is 30. The summed E-state index contributed by atoms with van der Waals surface area (Å²) >= 11 is 0. The normalized spacial score (nSPS) is 14.3. The fourth-order valence-corrected chi connectivity index (χ4v) is 9.44. The van der Waals surface area contributed by atoms with Crippen LogP contribution in [0.25, 0.3) is 0 Å². The second-order valence-corrected chi connectivity index (χ2v) is 24.8. The van der Waals surface area contributed by atoms with Crippen LogP contribution in [0.1, 0.15) is 245 Å². The standard InChI is InChI=1S/C78H126NO8P/c1-6-8-10-12-14-16-18-20-22-24-26-28-30-32-34-35-36-37-38-39-40-41-42-43-45-46-48-50-52-54-56-58-60-62-64-66-68-70-77(80)84-74-76(75-86-88(82,83)85-73-72-79(3,4)5)87-78(81)71-69-67-65-63-61-59-57-55-53-51-49-47-44-33-31-29-27-25-23-21-19-17-15-13-11-9-7-2/h8-11,14-17,20-23,26-29,32-34,36-37,39-40,44,49,51,55,57,61,63,76H,6-7,12-13,18-19,24-25,30-31,35,38,41-43,45-48,50,52-54,56,58-60,62,64-75H2,1-5H3/b10-8-,11-9-,16-14-,17-15-,22-20-,23-21-,28-26-,29-27-,34-32-,37-36-,40-39-,44-33-,51-49-,57-55-,63-61-. The van der Waals surface area contributed by atoms with Crippen molar-refractivity contribution in [2.75, 3.05) is 47.5 Å². The van der Waals surface area contributed by atoms with Gasteiger partial charge in [-0.1, -0.05) is 280 Å². The molecule has 10 heteroatoms. The zero-order valence-corrected chi connectivity index (χ0v) is 57.2. The highest BCUT2D eigenvalue weighted by Gasteiger charge is 2.22. The maximum atomic E-state index is 12.8. The molecule has 496 valence electrons. The van der Waals surface area contributed by atoms with Crippen molar-refractivity contribution in [3.63, 3.8) is 0 Å². The number of rotatable bonds is 61. The second kappa shape index (κ2) is 66.5. The van der Waals surface area contributed by atoms with Crippen LogP contribution in [-0.4, -0.2) is 70.0 Å². The Hall–Kier alpha value is -4.89. The second-order valence-electron chi connectivity index (χ2n) is 23.4. The lowest BCUT2D eigenvalue weighted by Crippen LogP contribution is -2.37. The van der Waals surface area contributed by atoms with Crippen LogP contribution in [0.3, 0.4) is 0 Å². The molecule has 0 aromatic rings. The van der Waals surface area contributed by atoms with E-state index in [9.17, 15) is 19.0 Å². The van der Waals surface area contributed by atoms with Gasteiger partial charge in [0.25, 0.3) is 7.82 Å². The van der Waals surface area contributed by atoms with Gasteiger partial charge in [0.15, 0.2) is 6.10 Å². The third-order valence-corrected chi connectivity index (χ3v) is 14.9. The first-order chi connectivity index (χ1) is 43.0. The quantitative estimate of drug-likeness (QED) is 0.0195. The van der Waals surface area contributed by atoms with Crippen LogP contribution in [0.15, 0.2) is 182 Å². The van der Waals surface area contributed by atoms with E-state index in [1.807, 2.05) is 21.1 Å². The molecule has 0 fully saturated rings. The van der Waals surface area contributed by atoms with Gasteiger partial charge in [0.2, 0.25) is 0 Å². The van der Waals surface area contributed by atoms with Gasteiger partial charge >= 0.3 is 11.9 Å². The van der Waals surface area contributed by atoms with Crippen molar-refractivity contribution >= 4 is 19.8 Å². The Balaban J connectivity index is 4.15. The molecule has 0 saturated heterocycles. The van der Waals surface area contributed by atoms with Crippen LogP contribution in [-0.2, 0) is 32.7 Å². The molecule has 0 N–H and O–H groups in total. The molecular formula is C78H126NO8P. The average molecular weight is 1240 g/mol. The molecule has 0 rings (SSSR count). The minimum absolute atomic E-state index is 0.0488. The Kier molecular flexibility index (Phi) is 62.8. The molecule has 0 aliphatic rings. The van der Waals surface area contributed by atoms with Crippen LogP contribution in [0.5, 0.6) is 0 Å². The summed E-state index contributed by atoms with van der Waals surface area (Å²) < 4.78 is 34.2. The molecule has 2 atom stereocenters. The topological polar surface area (TPSA) is 111 Å². The van der Waals surface area contributed by atoms with Crippen molar-refractivity contribution in [1.82, 2.24) is 0 Å². The molecule has 0 spiro atoms. The first-order valence-electron chi connectivity index (χ1n) is 34.5. The number of hydrogen-bond acceptors (Lipinski definition) is 8. The summed E-state index contributed by atoms with van der Waals surface area (Å²) in [7, 11) is 1.11. The van der Waals surface area contributed by atoms with Gasteiger partial charge in [-0.05, 0) is 135 Å². The molecule has 2 unspecified atom stereocenters. The van der Waals surface area contributed by atoms with E-state index in [2.05, 4.69) is 196 Å². The van der Waals surface area contributed by atoms with E-state index in [1.165, 1.54) is 77.0 Å². The SMILES string of the molecule is CC/C=C\C/C=C\C/C=C\C/C=C\C/C=C\C/C=C\C/C=C\C/C=C\CCCCC(=O)OC(COC(=O)CCCCCCCCCCCCCCCCC/C=C\C/C=C\C/C=C\C/C=C\C/C=C\C/C=C\C/C=C\CC)COP(=O)([O-])OCC[N+](C)(C)C. The number of likely N-dealkylation sites (N-methyl/N-ethyl adjacent to an activating group) is 1. The zero-order chi connectivity index (χ0) is 64.1. The number of carbonyl (C=O) groups is 2. The monoisotopic (exact) mass is 1240 g/mol. The van der Waals surface area contributed by atoms with Gasteiger partial charge < -0.3 is 27.9 Å². The molecule has 0 amide bonds. The average Bonchev–Trinajstić information content (AvgIpc) is 3.60. The first-order valence-corrected chi connectivity index (χ1v) is 36.0. The summed E-state index contributed by atoms with van der Waals surface area (Å²) in [5, 5.41) is 0. The molecule has 0 heterocycles. The van der Waals surface area contributed by atoms with Gasteiger partial charge in [-0.25, -0.2) is 0 Å². The van der Waals surface area contributed by atoms with E-state index in [4.69, 9.17) is 18.5 Å². The molecule has 88 heavy (non-hydrogen) atoms. The highest BCUT2D eigenvalue weighted by Crippen LogP contribution is 2.38. The molecule has 0 saturated carbocycles. The van der Waals surface area contributed by atoms with Crippen molar-refractivity contribution in [3.8, 4) is 0 Å². The van der Waals surface area contributed by atoms with Crippen molar-refractivity contribution in [2.45, 2.75) is 251 Å². The first kappa shape index (κ1) is 83.1. The lowest BCUT2D eigenvalue weighted by molar-refractivity contribution is -0.870. The van der Waals surface area contributed by atoms with E-state index in [1.54, 1.807) is 0 Å². The fraction of sp³-hybridized carbons (Fsp3) is 0.590. The molecule has 0 aromatic carbocycles. The van der Waals surface area contributed by atoms with Crippen LogP contribution >= 0.6 is 7.82 Å². The molecule has 0 aromatic heterocycles. The van der Waals surface area contributed by atoms with Crippen molar-refractivity contribution < 1.29 is 42.1 Å². The summed E-state index contributed by atoms with van der Waals surface area (Å²) in [6.07, 6.45) is 103. The van der Waals surface area contributed by atoms with Crippen LogP contribution in [0.4, 0.5) is 0 Å². The van der Waals surface area contributed by atoms with Crippen LogP contribution < -0.4 is 4.89 Å². The Morgan fingerprint density at radius 3 is 0.932 bits per heavy atom. The van der Waals surface area contributed by atoms with Gasteiger partial charge in [-0.15, -0.1) is 0 Å². The summed E-state index contributed by atoms with van der Waals surface area (Å²) in [6.45, 7) is 3.94. The van der Waals surface area contributed by atoms with E-state index < -0.39 is 32.5 Å². The summed E-state index contributed by atoms with van der Waals surface area (Å²) in [6, 6.07) is 0. The van der Waals surface area contributed by atoms with Crippen LogP contribution in [0, 0.1) is 0 Å². The number of quaternary nitrogens is 1. The van der Waals surface area contributed by atoms with Crippen molar-refractivity contribution in [1.29, 1.82) is 0 Å². The lowest BCUT2D eigenvalue weighted by atomic mass is 10.0. The minimum atomic E-state index is -4.67. The smallest absolute Gasteiger partial charge is 0.306 e. The number of nitrogens with zero attached hydrogens (tertiary/aromatic N) is 1. The minimum Gasteiger partial charge on any atom is -0.756 e. The van der Waals surface area contributed by atoms with Gasteiger partial charge in [0, 0.05) is 12.8 Å². The van der Waals surface area contributed by atoms with E-state index >= 15 is 0 Å². The highest BCUT2D eigenvalue weighted by atomic mass is 31.2. The summed E-state index contributed by atoms with van der Waals surface area (Å²) in [5.41, 5.74) is 0. The predicted octanol–water partition coefficient (Wildman–Crippen LogP) is 22.1. The molecule has 0 aliphatic heterocycles. The number of phosphoric acid groups is 1. The molecule has 0 radical (unpaired) electrons.